The molecule has 2 aromatic heterocycles. The van der Waals surface area contributed by atoms with Gasteiger partial charge in [-0.05, 0) is 44.2 Å². The third-order valence-corrected chi connectivity index (χ3v) is 3.16. The molecule has 1 amide bonds. The van der Waals surface area contributed by atoms with Crippen molar-refractivity contribution in [2.24, 2.45) is 0 Å². The highest BCUT2D eigenvalue weighted by atomic mass is 16.5. The van der Waals surface area contributed by atoms with Crippen LogP contribution in [0.25, 0.3) is 0 Å². The SMILES string of the molecule is Cc1cc(C)nc(Oc2cccc(NC(=O)c3ccccn3)c2)n1. The highest BCUT2D eigenvalue weighted by Gasteiger charge is 2.08. The second kappa shape index (κ2) is 6.87. The van der Waals surface area contributed by atoms with Crippen LogP contribution in [0.2, 0.25) is 0 Å². The fraction of sp³-hybridized carbons (Fsp3) is 0.111. The van der Waals surface area contributed by atoms with Gasteiger partial charge in [-0.1, -0.05) is 12.1 Å². The van der Waals surface area contributed by atoms with E-state index in [1.165, 1.54) is 0 Å². The van der Waals surface area contributed by atoms with Gasteiger partial charge in [-0.3, -0.25) is 9.78 Å². The minimum Gasteiger partial charge on any atom is -0.424 e. The molecule has 6 heteroatoms. The van der Waals surface area contributed by atoms with E-state index in [4.69, 9.17) is 4.74 Å². The van der Waals surface area contributed by atoms with E-state index in [-0.39, 0.29) is 11.9 Å². The molecule has 120 valence electrons. The third kappa shape index (κ3) is 3.92. The molecule has 0 aliphatic carbocycles. The van der Waals surface area contributed by atoms with E-state index in [1.807, 2.05) is 19.9 Å². The van der Waals surface area contributed by atoms with Crippen LogP contribution < -0.4 is 10.1 Å². The van der Waals surface area contributed by atoms with Crippen molar-refractivity contribution in [3.63, 3.8) is 0 Å². The van der Waals surface area contributed by atoms with E-state index in [2.05, 4.69) is 20.3 Å². The molecule has 3 aromatic rings. The Morgan fingerprint density at radius 2 is 1.79 bits per heavy atom. The normalized spacial score (nSPS) is 10.2. The number of carbonyl (C=O) groups is 1. The zero-order valence-electron chi connectivity index (χ0n) is 13.4. The Labute approximate surface area is 139 Å². The fourth-order valence-electron chi connectivity index (χ4n) is 2.17. The van der Waals surface area contributed by atoms with Crippen LogP contribution in [0.4, 0.5) is 5.69 Å². The number of hydrogen-bond acceptors (Lipinski definition) is 5. The molecule has 0 bridgehead atoms. The first-order valence-electron chi connectivity index (χ1n) is 7.43. The Kier molecular flexibility index (Phi) is 4.47. The predicted molar refractivity (Wildman–Crippen MR) is 90.2 cm³/mol. The van der Waals surface area contributed by atoms with Gasteiger partial charge in [-0.25, -0.2) is 9.97 Å². The van der Waals surface area contributed by atoms with Gasteiger partial charge in [0.05, 0.1) is 0 Å². The number of rotatable bonds is 4. The Morgan fingerprint density at radius 1 is 1.00 bits per heavy atom. The lowest BCUT2D eigenvalue weighted by atomic mass is 10.2. The average Bonchev–Trinajstić information content (AvgIpc) is 2.55. The topological polar surface area (TPSA) is 77.0 Å². The summed E-state index contributed by atoms with van der Waals surface area (Å²) in [5, 5.41) is 2.78. The first kappa shape index (κ1) is 15.6. The number of anilines is 1. The molecule has 3 rings (SSSR count). The standard InChI is InChI=1S/C18H16N4O2/c1-12-10-13(2)21-18(20-12)24-15-7-5-6-14(11-15)22-17(23)16-8-3-4-9-19-16/h3-11H,1-2H3,(H,22,23). The average molecular weight is 320 g/mol. The largest absolute Gasteiger partial charge is 0.424 e. The molecule has 0 saturated carbocycles. The van der Waals surface area contributed by atoms with E-state index < -0.39 is 0 Å². The molecule has 0 aliphatic rings. The molecule has 0 atom stereocenters. The van der Waals surface area contributed by atoms with Crippen molar-refractivity contribution in [2.75, 3.05) is 5.32 Å². The number of aryl methyl sites for hydroxylation is 2. The number of amides is 1. The number of nitrogens with one attached hydrogen (secondary N) is 1. The van der Waals surface area contributed by atoms with Crippen LogP contribution in [0.3, 0.4) is 0 Å². The quantitative estimate of drug-likeness (QED) is 0.795. The third-order valence-electron chi connectivity index (χ3n) is 3.16. The van der Waals surface area contributed by atoms with Crippen molar-refractivity contribution in [3.05, 3.63) is 71.8 Å². The molecule has 0 unspecified atom stereocenters. The zero-order valence-corrected chi connectivity index (χ0v) is 13.4. The second-order valence-electron chi connectivity index (χ2n) is 5.23. The van der Waals surface area contributed by atoms with Crippen LogP contribution in [0.5, 0.6) is 11.8 Å². The van der Waals surface area contributed by atoms with Crippen LogP contribution in [-0.4, -0.2) is 20.9 Å². The number of aromatic nitrogens is 3. The van der Waals surface area contributed by atoms with E-state index in [0.29, 0.717) is 17.1 Å². The highest BCUT2D eigenvalue weighted by Crippen LogP contribution is 2.22. The number of ether oxygens (including phenoxy) is 1. The van der Waals surface area contributed by atoms with E-state index >= 15 is 0 Å². The van der Waals surface area contributed by atoms with Crippen LogP contribution in [0.15, 0.2) is 54.7 Å². The first-order chi connectivity index (χ1) is 11.6. The van der Waals surface area contributed by atoms with Gasteiger partial charge < -0.3 is 10.1 Å². The van der Waals surface area contributed by atoms with Crippen LogP contribution in [-0.2, 0) is 0 Å². The molecule has 2 heterocycles. The predicted octanol–water partition coefficient (Wildman–Crippen LogP) is 3.53. The van der Waals surface area contributed by atoms with Gasteiger partial charge in [-0.15, -0.1) is 0 Å². The molecule has 0 spiro atoms. The minimum atomic E-state index is -0.282. The highest BCUT2D eigenvalue weighted by molar-refractivity contribution is 6.02. The van der Waals surface area contributed by atoms with Crippen LogP contribution in [0.1, 0.15) is 21.9 Å². The second-order valence-corrected chi connectivity index (χ2v) is 5.23. The molecule has 6 nitrogen and oxygen atoms in total. The van der Waals surface area contributed by atoms with Crippen molar-refractivity contribution in [2.45, 2.75) is 13.8 Å². The molecule has 1 aromatic carbocycles. The van der Waals surface area contributed by atoms with Crippen molar-refractivity contribution in [1.82, 2.24) is 15.0 Å². The van der Waals surface area contributed by atoms with Gasteiger partial charge in [-0.2, -0.15) is 0 Å². The summed E-state index contributed by atoms with van der Waals surface area (Å²) in [5.74, 6) is 0.259. The van der Waals surface area contributed by atoms with Crippen molar-refractivity contribution in [1.29, 1.82) is 0 Å². The lowest BCUT2D eigenvalue weighted by Gasteiger charge is -2.08. The minimum absolute atomic E-state index is 0.278. The Hall–Kier alpha value is -3.28. The Balaban J connectivity index is 1.75. The Morgan fingerprint density at radius 3 is 2.50 bits per heavy atom. The summed E-state index contributed by atoms with van der Waals surface area (Å²) in [5.41, 5.74) is 2.61. The maximum atomic E-state index is 12.1. The lowest BCUT2D eigenvalue weighted by molar-refractivity contribution is 0.102. The van der Waals surface area contributed by atoms with Gasteiger partial charge in [0.1, 0.15) is 11.4 Å². The summed E-state index contributed by atoms with van der Waals surface area (Å²) in [6, 6.07) is 14.4. The molecule has 0 saturated heterocycles. The summed E-state index contributed by atoms with van der Waals surface area (Å²) in [6.07, 6.45) is 1.58. The van der Waals surface area contributed by atoms with Gasteiger partial charge in [0.15, 0.2) is 0 Å². The molecule has 24 heavy (non-hydrogen) atoms. The summed E-state index contributed by atoms with van der Waals surface area (Å²) in [7, 11) is 0. The van der Waals surface area contributed by atoms with Crippen LogP contribution in [0, 0.1) is 13.8 Å². The van der Waals surface area contributed by atoms with Gasteiger partial charge in [0.25, 0.3) is 5.91 Å². The van der Waals surface area contributed by atoms with E-state index in [0.717, 1.165) is 11.4 Å². The van der Waals surface area contributed by atoms with Gasteiger partial charge in [0, 0.05) is 29.3 Å². The molecule has 0 radical (unpaired) electrons. The molecule has 0 aliphatic heterocycles. The van der Waals surface area contributed by atoms with Crippen molar-refractivity contribution >= 4 is 11.6 Å². The van der Waals surface area contributed by atoms with Crippen molar-refractivity contribution < 1.29 is 9.53 Å². The van der Waals surface area contributed by atoms with E-state index in [1.54, 1.807) is 48.7 Å². The fourth-order valence-corrected chi connectivity index (χ4v) is 2.17. The maximum absolute atomic E-state index is 12.1. The molecule has 0 fully saturated rings. The number of pyridine rings is 1. The summed E-state index contributed by atoms with van der Waals surface area (Å²) in [6.45, 7) is 3.76. The number of hydrogen-bond donors (Lipinski definition) is 1. The molecular weight excluding hydrogens is 304 g/mol. The lowest BCUT2D eigenvalue weighted by Crippen LogP contribution is -2.13. The maximum Gasteiger partial charge on any atom is 0.322 e. The number of carbonyl (C=O) groups excluding carboxylic acids is 1. The first-order valence-corrected chi connectivity index (χ1v) is 7.43. The van der Waals surface area contributed by atoms with Gasteiger partial charge >= 0.3 is 6.01 Å². The summed E-state index contributed by atoms with van der Waals surface area (Å²) in [4.78, 5) is 24.6. The molecular formula is C18H16N4O2. The smallest absolute Gasteiger partial charge is 0.322 e. The number of benzene rings is 1. The van der Waals surface area contributed by atoms with Crippen LogP contribution >= 0.6 is 0 Å². The Bertz CT molecular complexity index is 846. The summed E-state index contributed by atoms with van der Waals surface area (Å²) < 4.78 is 5.68. The number of nitrogens with zero attached hydrogens (tertiary/aromatic N) is 3. The van der Waals surface area contributed by atoms with Gasteiger partial charge in [0.2, 0.25) is 0 Å². The van der Waals surface area contributed by atoms with Crippen molar-refractivity contribution in [3.8, 4) is 11.8 Å². The van der Waals surface area contributed by atoms with E-state index in [9.17, 15) is 4.79 Å². The zero-order chi connectivity index (χ0) is 16.9. The summed E-state index contributed by atoms with van der Waals surface area (Å²) >= 11 is 0. The molecule has 1 N–H and O–H groups in total. The monoisotopic (exact) mass is 320 g/mol.